The van der Waals surface area contributed by atoms with Crippen molar-refractivity contribution < 1.29 is 4.39 Å². The third-order valence-electron chi connectivity index (χ3n) is 5.49. The average Bonchev–Trinajstić information content (AvgIpc) is 3.25. The molecule has 6 heteroatoms. The predicted molar refractivity (Wildman–Crippen MR) is 104 cm³/mol. The summed E-state index contributed by atoms with van der Waals surface area (Å²) in [4.78, 5) is 5.31. The van der Waals surface area contributed by atoms with Crippen molar-refractivity contribution in [1.29, 1.82) is 0 Å². The normalized spacial score (nSPS) is 15.1. The summed E-state index contributed by atoms with van der Waals surface area (Å²) in [5, 5.41) is 9.81. The summed E-state index contributed by atoms with van der Waals surface area (Å²) < 4.78 is 17.3. The summed E-state index contributed by atoms with van der Waals surface area (Å²) in [6.45, 7) is 8.02. The molecule has 5 nitrogen and oxygen atoms in total. The van der Waals surface area contributed by atoms with E-state index in [1.54, 1.807) is 6.07 Å². The van der Waals surface area contributed by atoms with Gasteiger partial charge in [-0.05, 0) is 57.5 Å². The molecule has 27 heavy (non-hydrogen) atoms. The van der Waals surface area contributed by atoms with Crippen LogP contribution in [0, 0.1) is 19.7 Å². The average molecular weight is 361 g/mol. The predicted octanol–water partition coefficient (Wildman–Crippen LogP) is 4.89. The fraction of sp³-hybridized carbons (Fsp3) is 0.238. The van der Waals surface area contributed by atoms with Crippen LogP contribution in [0.25, 0.3) is 16.6 Å². The lowest BCUT2D eigenvalue weighted by Gasteiger charge is -2.45. The molecule has 2 aromatic heterocycles. The molecule has 0 saturated carbocycles. The van der Waals surface area contributed by atoms with Crippen molar-refractivity contribution in [3.05, 3.63) is 65.6 Å². The van der Waals surface area contributed by atoms with Crippen molar-refractivity contribution in [2.75, 3.05) is 4.90 Å². The van der Waals surface area contributed by atoms with Gasteiger partial charge in [-0.3, -0.25) is 4.57 Å². The van der Waals surface area contributed by atoms with Gasteiger partial charge in [-0.15, -0.1) is 10.2 Å². The molecule has 136 valence electrons. The van der Waals surface area contributed by atoms with Crippen LogP contribution in [0.3, 0.4) is 0 Å². The monoisotopic (exact) mass is 361 g/mol. The Morgan fingerprint density at radius 1 is 1.00 bits per heavy atom. The third-order valence-corrected chi connectivity index (χ3v) is 5.49. The number of nitrogens with zero attached hydrogens (tertiary/aromatic N) is 4. The number of nitrogens with one attached hydrogen (secondary N) is 1. The Kier molecular flexibility index (Phi) is 3.09. The van der Waals surface area contributed by atoms with E-state index < -0.39 is 5.54 Å². The van der Waals surface area contributed by atoms with Crippen LogP contribution >= 0.6 is 0 Å². The van der Waals surface area contributed by atoms with E-state index in [1.165, 1.54) is 0 Å². The van der Waals surface area contributed by atoms with E-state index in [1.807, 2.05) is 54.9 Å². The second-order valence-electron chi connectivity index (χ2n) is 7.58. The molecule has 0 aliphatic carbocycles. The summed E-state index contributed by atoms with van der Waals surface area (Å²) in [6.07, 6.45) is 1.91. The van der Waals surface area contributed by atoms with Gasteiger partial charge in [0.1, 0.15) is 17.3 Å². The first-order valence-corrected chi connectivity index (χ1v) is 8.99. The first kappa shape index (κ1) is 16.1. The quantitative estimate of drug-likeness (QED) is 0.525. The second kappa shape index (κ2) is 5.19. The van der Waals surface area contributed by atoms with E-state index in [4.69, 9.17) is 0 Å². The highest BCUT2D eigenvalue weighted by atomic mass is 19.1. The molecule has 0 bridgehead atoms. The van der Waals surface area contributed by atoms with E-state index in [0.29, 0.717) is 5.69 Å². The van der Waals surface area contributed by atoms with Gasteiger partial charge in [0.05, 0.1) is 16.9 Å². The SMILES string of the molecule is Cc1ccc(F)c2c1-n1c(C)nnc1C(C)(C)N2c1cccc2[nH]ccc12. The number of hydrogen-bond donors (Lipinski definition) is 1. The van der Waals surface area contributed by atoms with Gasteiger partial charge in [0.2, 0.25) is 0 Å². The smallest absolute Gasteiger partial charge is 0.163 e. The molecule has 2 aromatic carbocycles. The van der Waals surface area contributed by atoms with Crippen LogP contribution in [0.2, 0.25) is 0 Å². The maximum Gasteiger partial charge on any atom is 0.163 e. The number of aromatic amines is 1. The summed E-state index contributed by atoms with van der Waals surface area (Å²) in [6, 6.07) is 11.4. The van der Waals surface area contributed by atoms with Gasteiger partial charge in [-0.1, -0.05) is 12.1 Å². The van der Waals surface area contributed by atoms with Crippen LogP contribution in [0.5, 0.6) is 0 Å². The van der Waals surface area contributed by atoms with Gasteiger partial charge in [0, 0.05) is 17.1 Å². The number of rotatable bonds is 1. The summed E-state index contributed by atoms with van der Waals surface area (Å²) in [7, 11) is 0. The number of halogens is 1. The topological polar surface area (TPSA) is 49.7 Å². The molecule has 4 aromatic rings. The molecular weight excluding hydrogens is 341 g/mol. The van der Waals surface area contributed by atoms with Gasteiger partial charge in [-0.25, -0.2) is 4.39 Å². The highest BCUT2D eigenvalue weighted by molar-refractivity contribution is 5.96. The minimum absolute atomic E-state index is 0.255. The Morgan fingerprint density at radius 2 is 1.81 bits per heavy atom. The van der Waals surface area contributed by atoms with E-state index >= 15 is 4.39 Å². The maximum atomic E-state index is 15.3. The van der Waals surface area contributed by atoms with E-state index in [-0.39, 0.29) is 5.82 Å². The van der Waals surface area contributed by atoms with E-state index in [9.17, 15) is 0 Å². The van der Waals surface area contributed by atoms with Gasteiger partial charge < -0.3 is 9.88 Å². The van der Waals surface area contributed by atoms with E-state index in [2.05, 4.69) is 33.9 Å². The molecule has 0 atom stereocenters. The number of aromatic nitrogens is 4. The van der Waals surface area contributed by atoms with Crippen molar-refractivity contribution in [1.82, 2.24) is 19.7 Å². The van der Waals surface area contributed by atoms with Crippen molar-refractivity contribution in [3.63, 3.8) is 0 Å². The van der Waals surface area contributed by atoms with Crippen molar-refractivity contribution >= 4 is 22.3 Å². The lowest BCUT2D eigenvalue weighted by Crippen LogP contribution is -2.44. The molecule has 0 amide bonds. The number of aryl methyl sites for hydroxylation is 2. The fourth-order valence-corrected chi connectivity index (χ4v) is 4.24. The zero-order valence-corrected chi connectivity index (χ0v) is 15.7. The Balaban J connectivity index is 1.94. The molecule has 1 N–H and O–H groups in total. The summed E-state index contributed by atoms with van der Waals surface area (Å²) >= 11 is 0. The minimum atomic E-state index is -0.589. The first-order valence-electron chi connectivity index (χ1n) is 8.99. The van der Waals surface area contributed by atoms with Gasteiger partial charge >= 0.3 is 0 Å². The largest absolute Gasteiger partial charge is 0.361 e. The highest BCUT2D eigenvalue weighted by Gasteiger charge is 2.43. The number of hydrogen-bond acceptors (Lipinski definition) is 3. The zero-order valence-electron chi connectivity index (χ0n) is 15.7. The highest BCUT2D eigenvalue weighted by Crippen LogP contribution is 2.49. The molecule has 5 rings (SSSR count). The van der Waals surface area contributed by atoms with Crippen molar-refractivity contribution in [2.45, 2.75) is 33.2 Å². The lowest BCUT2D eigenvalue weighted by atomic mass is 9.93. The van der Waals surface area contributed by atoms with E-state index in [0.717, 1.165) is 39.5 Å². The molecule has 3 heterocycles. The molecule has 0 radical (unpaired) electrons. The molecule has 0 saturated heterocycles. The first-order chi connectivity index (χ1) is 12.9. The van der Waals surface area contributed by atoms with Gasteiger partial charge in [0.25, 0.3) is 0 Å². The van der Waals surface area contributed by atoms with Crippen LogP contribution in [0.15, 0.2) is 42.6 Å². The standard InChI is InChI=1S/C21H20FN5/c1-12-8-9-15(22)19-18(12)26-13(2)24-25-20(26)21(3,4)27(19)17-7-5-6-16-14(17)10-11-23-16/h5-11,23H,1-4H3. The molecule has 0 spiro atoms. The van der Waals surface area contributed by atoms with Crippen molar-refractivity contribution in [3.8, 4) is 5.69 Å². The van der Waals surface area contributed by atoms with Crippen LogP contribution in [-0.4, -0.2) is 19.7 Å². The Bertz CT molecular complexity index is 1200. The maximum absolute atomic E-state index is 15.3. The lowest BCUT2D eigenvalue weighted by molar-refractivity contribution is 0.464. The third kappa shape index (κ3) is 1.98. The minimum Gasteiger partial charge on any atom is -0.361 e. The van der Waals surface area contributed by atoms with Crippen LogP contribution in [0.4, 0.5) is 15.8 Å². The molecule has 1 aliphatic heterocycles. The second-order valence-corrected chi connectivity index (χ2v) is 7.58. The van der Waals surface area contributed by atoms with Crippen LogP contribution < -0.4 is 4.90 Å². The van der Waals surface area contributed by atoms with Crippen LogP contribution in [0.1, 0.15) is 31.1 Å². The Labute approximate surface area is 156 Å². The Hall–Kier alpha value is -3.15. The molecule has 0 fully saturated rings. The summed E-state index contributed by atoms with van der Waals surface area (Å²) in [5.74, 6) is 1.30. The number of anilines is 2. The molecule has 1 aliphatic rings. The number of H-pyrrole nitrogens is 1. The fourth-order valence-electron chi connectivity index (χ4n) is 4.24. The molecule has 0 unspecified atom stereocenters. The Morgan fingerprint density at radius 3 is 2.63 bits per heavy atom. The van der Waals surface area contributed by atoms with Gasteiger partial charge in [0.15, 0.2) is 5.82 Å². The van der Waals surface area contributed by atoms with Crippen LogP contribution in [-0.2, 0) is 5.54 Å². The molecular formula is C21H20FN5. The number of benzene rings is 2. The van der Waals surface area contributed by atoms with Crippen molar-refractivity contribution in [2.24, 2.45) is 0 Å². The van der Waals surface area contributed by atoms with Gasteiger partial charge in [-0.2, -0.15) is 0 Å². The summed E-state index contributed by atoms with van der Waals surface area (Å²) in [5.41, 5.74) is 3.72. The zero-order chi connectivity index (χ0) is 18.9. The number of fused-ring (bicyclic) bond motifs is 4.